The molecule has 1 spiro atoms. The average molecular weight is 295 g/mol. The Balaban J connectivity index is 1.33. The summed E-state index contributed by atoms with van der Waals surface area (Å²) in [6, 6.07) is 0.328. The lowest BCUT2D eigenvalue weighted by Gasteiger charge is -2.35. The van der Waals surface area contributed by atoms with Crippen LogP contribution in [-0.4, -0.2) is 30.9 Å². The minimum atomic E-state index is -0.301. The highest BCUT2D eigenvalue weighted by molar-refractivity contribution is 5.76. The van der Waals surface area contributed by atoms with Crippen molar-refractivity contribution in [1.82, 2.24) is 5.32 Å². The minimum absolute atomic E-state index is 0.229. The van der Waals surface area contributed by atoms with Crippen LogP contribution in [0.15, 0.2) is 0 Å². The van der Waals surface area contributed by atoms with Gasteiger partial charge in [-0.15, -0.1) is 0 Å². The Bertz CT molecular complexity index is 351. The maximum atomic E-state index is 12.1. The summed E-state index contributed by atoms with van der Waals surface area (Å²) in [6.45, 7) is 3.59. The van der Waals surface area contributed by atoms with Gasteiger partial charge in [-0.1, -0.05) is 12.8 Å². The molecular formula is C17H29NO3. The zero-order valence-corrected chi connectivity index (χ0v) is 13.2. The van der Waals surface area contributed by atoms with E-state index in [0.29, 0.717) is 18.4 Å². The zero-order valence-electron chi connectivity index (χ0n) is 13.2. The van der Waals surface area contributed by atoms with E-state index in [2.05, 4.69) is 12.2 Å². The van der Waals surface area contributed by atoms with Gasteiger partial charge in [-0.3, -0.25) is 4.79 Å². The van der Waals surface area contributed by atoms with E-state index in [1.54, 1.807) is 0 Å². The summed E-state index contributed by atoms with van der Waals surface area (Å²) in [5.74, 6) is 1.38. The molecule has 0 radical (unpaired) electrons. The van der Waals surface area contributed by atoms with Gasteiger partial charge in [-0.25, -0.2) is 0 Å². The smallest absolute Gasteiger partial charge is 0.220 e. The van der Waals surface area contributed by atoms with Crippen molar-refractivity contribution < 1.29 is 14.3 Å². The Hall–Kier alpha value is -0.610. The number of hydrogen-bond acceptors (Lipinski definition) is 3. The van der Waals surface area contributed by atoms with Crippen molar-refractivity contribution in [3.8, 4) is 0 Å². The molecule has 0 bridgehead atoms. The van der Waals surface area contributed by atoms with Gasteiger partial charge in [0.05, 0.1) is 13.2 Å². The zero-order chi connectivity index (χ0) is 14.7. The van der Waals surface area contributed by atoms with Crippen molar-refractivity contribution in [1.29, 1.82) is 0 Å². The maximum Gasteiger partial charge on any atom is 0.220 e. The van der Waals surface area contributed by atoms with Crippen molar-refractivity contribution in [2.45, 2.75) is 76.5 Å². The highest BCUT2D eigenvalue weighted by Gasteiger charge is 2.40. The Morgan fingerprint density at radius 1 is 1.14 bits per heavy atom. The topological polar surface area (TPSA) is 47.6 Å². The fraction of sp³-hybridized carbons (Fsp3) is 0.941. The molecule has 3 rings (SSSR count). The molecule has 3 fully saturated rings. The molecule has 1 N–H and O–H groups in total. The predicted octanol–water partition coefficient (Wildman–Crippen LogP) is 3.00. The minimum Gasteiger partial charge on any atom is -0.354 e. The lowest BCUT2D eigenvalue weighted by molar-refractivity contribution is -0.183. The van der Waals surface area contributed by atoms with Crippen LogP contribution in [0.2, 0.25) is 0 Å². The number of carbonyl (C=O) groups is 1. The maximum absolute atomic E-state index is 12.1. The van der Waals surface area contributed by atoms with E-state index in [1.807, 2.05) is 0 Å². The van der Waals surface area contributed by atoms with E-state index in [0.717, 1.165) is 51.2 Å². The lowest BCUT2D eigenvalue weighted by atomic mass is 9.83. The molecule has 1 atom stereocenters. The number of ether oxygens (including phenoxy) is 2. The third-order valence-electron chi connectivity index (χ3n) is 5.27. The van der Waals surface area contributed by atoms with Gasteiger partial charge in [0.15, 0.2) is 5.79 Å². The largest absolute Gasteiger partial charge is 0.354 e. The standard InChI is InChI=1S/C17H29NO3/c1-13(2-3-14-4-5-14)18-16(19)12-15-6-8-17(9-7-15)20-10-11-21-17/h13-15H,2-12H2,1H3,(H,18,19). The van der Waals surface area contributed by atoms with Gasteiger partial charge in [0.1, 0.15) is 0 Å². The summed E-state index contributed by atoms with van der Waals surface area (Å²) in [4.78, 5) is 12.1. The number of nitrogens with one attached hydrogen (secondary N) is 1. The molecule has 1 aliphatic heterocycles. The van der Waals surface area contributed by atoms with Crippen molar-refractivity contribution in [3.05, 3.63) is 0 Å². The fourth-order valence-electron chi connectivity index (χ4n) is 3.67. The molecule has 1 saturated heterocycles. The first-order chi connectivity index (χ1) is 10.2. The number of carbonyl (C=O) groups excluding carboxylic acids is 1. The molecule has 0 aromatic rings. The van der Waals surface area contributed by atoms with Gasteiger partial charge in [0, 0.05) is 25.3 Å². The van der Waals surface area contributed by atoms with Crippen LogP contribution < -0.4 is 5.32 Å². The van der Waals surface area contributed by atoms with Crippen LogP contribution in [0.1, 0.15) is 64.7 Å². The molecule has 4 nitrogen and oxygen atoms in total. The molecule has 4 heteroatoms. The molecule has 120 valence electrons. The van der Waals surface area contributed by atoms with E-state index >= 15 is 0 Å². The molecule has 0 aromatic heterocycles. The summed E-state index contributed by atoms with van der Waals surface area (Å²) in [5.41, 5.74) is 0. The van der Waals surface area contributed by atoms with E-state index in [1.165, 1.54) is 19.3 Å². The molecule has 1 amide bonds. The van der Waals surface area contributed by atoms with Gasteiger partial charge in [0.2, 0.25) is 5.91 Å². The third kappa shape index (κ3) is 4.43. The SMILES string of the molecule is CC(CCC1CC1)NC(=O)CC1CCC2(CC1)OCCO2. The van der Waals surface area contributed by atoms with Gasteiger partial charge < -0.3 is 14.8 Å². The van der Waals surface area contributed by atoms with Crippen LogP contribution in [0.4, 0.5) is 0 Å². The Labute approximate surface area is 127 Å². The molecule has 2 aliphatic carbocycles. The Kier molecular flexibility index (Phi) is 4.85. The second kappa shape index (κ2) is 6.66. The first-order valence-corrected chi connectivity index (χ1v) is 8.72. The molecule has 21 heavy (non-hydrogen) atoms. The molecule has 1 heterocycles. The first-order valence-electron chi connectivity index (χ1n) is 8.72. The normalized spacial score (nSPS) is 26.9. The van der Waals surface area contributed by atoms with E-state index < -0.39 is 0 Å². The van der Waals surface area contributed by atoms with Crippen LogP contribution >= 0.6 is 0 Å². The summed E-state index contributed by atoms with van der Waals surface area (Å²) >= 11 is 0. The number of amides is 1. The highest BCUT2D eigenvalue weighted by Crippen LogP contribution is 2.39. The second-order valence-corrected chi connectivity index (χ2v) is 7.24. The molecule has 3 aliphatic rings. The molecule has 0 aromatic carbocycles. The number of hydrogen-bond donors (Lipinski definition) is 1. The van der Waals surface area contributed by atoms with Gasteiger partial charge in [0.25, 0.3) is 0 Å². The quantitative estimate of drug-likeness (QED) is 0.819. The van der Waals surface area contributed by atoms with Crippen LogP contribution in [0, 0.1) is 11.8 Å². The Morgan fingerprint density at radius 2 is 1.81 bits per heavy atom. The van der Waals surface area contributed by atoms with Crippen LogP contribution in [0.25, 0.3) is 0 Å². The van der Waals surface area contributed by atoms with Gasteiger partial charge >= 0.3 is 0 Å². The average Bonchev–Trinajstić information content (AvgIpc) is 3.19. The lowest BCUT2D eigenvalue weighted by Crippen LogP contribution is -2.38. The summed E-state index contributed by atoms with van der Waals surface area (Å²) in [6.07, 6.45) is 9.86. The van der Waals surface area contributed by atoms with Crippen molar-refractivity contribution in [2.75, 3.05) is 13.2 Å². The Morgan fingerprint density at radius 3 is 2.43 bits per heavy atom. The van der Waals surface area contributed by atoms with Crippen LogP contribution in [0.5, 0.6) is 0 Å². The van der Waals surface area contributed by atoms with Crippen LogP contribution in [-0.2, 0) is 14.3 Å². The summed E-state index contributed by atoms with van der Waals surface area (Å²) in [7, 11) is 0. The number of rotatable bonds is 6. The molecular weight excluding hydrogens is 266 g/mol. The monoisotopic (exact) mass is 295 g/mol. The van der Waals surface area contributed by atoms with E-state index in [-0.39, 0.29) is 11.7 Å². The predicted molar refractivity (Wildman–Crippen MR) is 80.8 cm³/mol. The van der Waals surface area contributed by atoms with E-state index in [9.17, 15) is 4.79 Å². The van der Waals surface area contributed by atoms with Crippen molar-refractivity contribution in [3.63, 3.8) is 0 Å². The highest BCUT2D eigenvalue weighted by atomic mass is 16.7. The van der Waals surface area contributed by atoms with Crippen molar-refractivity contribution in [2.24, 2.45) is 11.8 Å². The van der Waals surface area contributed by atoms with Crippen molar-refractivity contribution >= 4 is 5.91 Å². The third-order valence-corrected chi connectivity index (χ3v) is 5.27. The summed E-state index contributed by atoms with van der Waals surface area (Å²) < 4.78 is 11.5. The summed E-state index contributed by atoms with van der Waals surface area (Å²) in [5, 5.41) is 3.17. The van der Waals surface area contributed by atoms with Gasteiger partial charge in [-0.2, -0.15) is 0 Å². The molecule has 2 saturated carbocycles. The fourth-order valence-corrected chi connectivity index (χ4v) is 3.67. The molecule has 1 unspecified atom stereocenters. The second-order valence-electron chi connectivity index (χ2n) is 7.24. The van der Waals surface area contributed by atoms with Crippen LogP contribution in [0.3, 0.4) is 0 Å². The van der Waals surface area contributed by atoms with Gasteiger partial charge in [-0.05, 0) is 44.4 Å². The van der Waals surface area contributed by atoms with E-state index in [4.69, 9.17) is 9.47 Å². The first kappa shape index (κ1) is 15.3.